The van der Waals surface area contributed by atoms with Crippen molar-refractivity contribution in [3.8, 4) is 0 Å². The maximum absolute atomic E-state index is 13.1. The van der Waals surface area contributed by atoms with Crippen LogP contribution in [0.5, 0.6) is 0 Å². The Kier molecular flexibility index (Phi) is 6.80. The van der Waals surface area contributed by atoms with Crippen LogP contribution in [0.25, 0.3) is 0 Å². The summed E-state index contributed by atoms with van der Waals surface area (Å²) in [6, 6.07) is 0.286. The summed E-state index contributed by atoms with van der Waals surface area (Å²) in [5.41, 5.74) is 2.23. The molecule has 2 fully saturated rings. The first-order valence-corrected chi connectivity index (χ1v) is 13.2. The summed E-state index contributed by atoms with van der Waals surface area (Å²) in [6.45, 7) is 8.54. The fraction of sp³-hybridized carbons (Fsp3) is 0.800. The third-order valence-electron chi connectivity index (χ3n) is 6.20. The van der Waals surface area contributed by atoms with Crippen molar-refractivity contribution < 1.29 is 13.2 Å². The monoisotopic (exact) mass is 427 g/mol. The van der Waals surface area contributed by atoms with Gasteiger partial charge in [-0.05, 0) is 47.0 Å². The number of aromatic nitrogens is 2. The Balaban J connectivity index is 1.75. The highest BCUT2D eigenvalue weighted by Gasteiger charge is 2.36. The Hall–Kier alpha value is -1.02. The lowest BCUT2D eigenvalue weighted by Crippen LogP contribution is -2.44. The molecular weight excluding hydrogens is 394 g/mol. The molecule has 6 nitrogen and oxygen atoms in total. The molecule has 1 saturated heterocycles. The Morgan fingerprint density at radius 2 is 1.93 bits per heavy atom. The van der Waals surface area contributed by atoms with E-state index in [1.165, 1.54) is 49.6 Å². The van der Waals surface area contributed by atoms with Gasteiger partial charge in [0.25, 0.3) is 0 Å². The first-order chi connectivity index (χ1) is 13.2. The Bertz CT molecular complexity index is 813. The summed E-state index contributed by atoms with van der Waals surface area (Å²) >= 11 is 1.52. The Morgan fingerprint density at radius 1 is 1.25 bits per heavy atom. The Labute approximate surface area is 173 Å². The van der Waals surface area contributed by atoms with Gasteiger partial charge in [0.2, 0.25) is 5.91 Å². The van der Waals surface area contributed by atoms with Crippen molar-refractivity contribution in [2.75, 3.05) is 18.1 Å². The van der Waals surface area contributed by atoms with E-state index in [0.29, 0.717) is 19.0 Å². The molecule has 28 heavy (non-hydrogen) atoms. The Morgan fingerprint density at radius 3 is 2.50 bits per heavy atom. The van der Waals surface area contributed by atoms with E-state index in [1.54, 1.807) is 4.90 Å². The van der Waals surface area contributed by atoms with Crippen LogP contribution < -0.4 is 0 Å². The van der Waals surface area contributed by atoms with Gasteiger partial charge in [-0.3, -0.25) is 4.79 Å². The van der Waals surface area contributed by atoms with Gasteiger partial charge in [-0.25, -0.2) is 13.4 Å². The molecule has 1 aromatic rings. The van der Waals surface area contributed by atoms with Crippen LogP contribution in [0.4, 0.5) is 0 Å². The van der Waals surface area contributed by atoms with Crippen molar-refractivity contribution >= 4 is 27.5 Å². The highest BCUT2D eigenvalue weighted by atomic mass is 32.2. The number of sulfone groups is 1. The molecule has 2 aliphatic rings. The van der Waals surface area contributed by atoms with E-state index in [0.717, 1.165) is 10.9 Å². The molecule has 8 heteroatoms. The smallest absolute Gasteiger partial charge is 0.236 e. The molecule has 0 spiro atoms. The van der Waals surface area contributed by atoms with E-state index < -0.39 is 9.84 Å². The fourth-order valence-corrected chi connectivity index (χ4v) is 7.38. The maximum Gasteiger partial charge on any atom is 0.236 e. The highest BCUT2D eigenvalue weighted by molar-refractivity contribution is 8.00. The van der Waals surface area contributed by atoms with E-state index >= 15 is 0 Å². The van der Waals surface area contributed by atoms with Crippen LogP contribution in [0.3, 0.4) is 0 Å². The molecule has 0 radical (unpaired) electrons. The van der Waals surface area contributed by atoms with Gasteiger partial charge in [-0.2, -0.15) is 0 Å². The first-order valence-electron chi connectivity index (χ1n) is 10.5. The van der Waals surface area contributed by atoms with Crippen molar-refractivity contribution in [3.63, 3.8) is 0 Å². The zero-order valence-corrected chi connectivity index (χ0v) is 19.1. The van der Waals surface area contributed by atoms with Crippen molar-refractivity contribution in [2.45, 2.75) is 88.7 Å². The average Bonchev–Trinajstić information content (AvgIpc) is 3.15. The second kappa shape index (κ2) is 8.78. The van der Waals surface area contributed by atoms with Gasteiger partial charge in [0.05, 0.1) is 22.4 Å². The minimum absolute atomic E-state index is 0.0168. The summed E-state index contributed by atoms with van der Waals surface area (Å²) in [7, 11) is -3.01. The molecule has 2 unspecified atom stereocenters. The quantitative estimate of drug-likeness (QED) is 0.650. The normalized spacial score (nSPS) is 23.6. The van der Waals surface area contributed by atoms with Crippen molar-refractivity contribution in [2.24, 2.45) is 0 Å². The van der Waals surface area contributed by atoms with Crippen molar-refractivity contribution in [1.29, 1.82) is 0 Å². The summed E-state index contributed by atoms with van der Waals surface area (Å²) < 4.78 is 26.0. The molecule has 1 amide bonds. The van der Waals surface area contributed by atoms with Gasteiger partial charge in [0.15, 0.2) is 15.0 Å². The summed E-state index contributed by atoms with van der Waals surface area (Å²) in [5, 5.41) is 0.643. The molecule has 1 aliphatic heterocycles. The van der Waals surface area contributed by atoms with Gasteiger partial charge in [-0.1, -0.05) is 31.0 Å². The van der Waals surface area contributed by atoms with Crippen LogP contribution in [-0.2, 0) is 14.6 Å². The lowest BCUT2D eigenvalue weighted by atomic mass is 9.95. The van der Waals surface area contributed by atoms with Crippen molar-refractivity contribution in [1.82, 2.24) is 14.5 Å². The molecule has 1 aliphatic carbocycles. The number of carbonyl (C=O) groups excluding carboxylic acids is 1. The average molecular weight is 428 g/mol. The van der Waals surface area contributed by atoms with Crippen LogP contribution in [0.2, 0.25) is 0 Å². The topological polar surface area (TPSA) is 72.3 Å². The summed E-state index contributed by atoms with van der Waals surface area (Å²) in [5.74, 6) is 0.301. The van der Waals surface area contributed by atoms with Gasteiger partial charge < -0.3 is 9.47 Å². The number of imidazole rings is 1. The third-order valence-corrected chi connectivity index (χ3v) is 9.00. The molecule has 0 bridgehead atoms. The molecule has 1 aromatic heterocycles. The van der Waals surface area contributed by atoms with Crippen LogP contribution in [0, 0.1) is 13.8 Å². The zero-order chi connectivity index (χ0) is 20.5. The van der Waals surface area contributed by atoms with Gasteiger partial charge in [0.1, 0.15) is 0 Å². The number of thioether (sulfide) groups is 1. The highest BCUT2D eigenvalue weighted by Crippen LogP contribution is 2.36. The number of hydrogen-bond acceptors (Lipinski definition) is 5. The van der Waals surface area contributed by atoms with E-state index in [2.05, 4.69) is 11.5 Å². The number of rotatable bonds is 6. The van der Waals surface area contributed by atoms with Crippen LogP contribution in [0.1, 0.15) is 69.8 Å². The van der Waals surface area contributed by atoms with E-state index in [4.69, 9.17) is 4.98 Å². The lowest BCUT2D eigenvalue weighted by molar-refractivity contribution is -0.131. The van der Waals surface area contributed by atoms with Gasteiger partial charge in [-0.15, -0.1) is 0 Å². The number of amides is 1. The lowest BCUT2D eigenvalue weighted by Gasteiger charge is -2.30. The number of hydrogen-bond donors (Lipinski definition) is 0. The number of nitrogens with zero attached hydrogens (tertiary/aromatic N) is 3. The largest absolute Gasteiger partial charge is 0.338 e. The minimum atomic E-state index is -3.01. The second-order valence-corrected chi connectivity index (χ2v) is 11.7. The van der Waals surface area contributed by atoms with Crippen LogP contribution >= 0.6 is 11.8 Å². The molecule has 0 N–H and O–H groups in total. The van der Waals surface area contributed by atoms with E-state index in [9.17, 15) is 13.2 Å². The van der Waals surface area contributed by atoms with Crippen molar-refractivity contribution in [3.05, 3.63) is 11.4 Å². The molecule has 3 rings (SSSR count). The standard InChI is InChI=1S/C20H33N3O3S2/c1-5-22(18-11-12-28(25,26)13-18)19(24)16(4)27-20-21-14(2)15(3)23(20)17-9-7-6-8-10-17/h16-18H,5-13H2,1-4H3. The van der Waals surface area contributed by atoms with Crippen LogP contribution in [-0.4, -0.2) is 58.1 Å². The molecule has 158 valence electrons. The number of carbonyl (C=O) groups is 1. The van der Waals surface area contributed by atoms with E-state index in [-0.39, 0.29) is 28.7 Å². The fourth-order valence-electron chi connectivity index (χ4n) is 4.51. The zero-order valence-electron chi connectivity index (χ0n) is 17.5. The molecule has 0 aromatic carbocycles. The molecule has 1 saturated carbocycles. The molecule has 2 heterocycles. The molecular formula is C20H33N3O3S2. The summed E-state index contributed by atoms with van der Waals surface area (Å²) in [4.78, 5) is 19.7. The second-order valence-electron chi connectivity index (χ2n) is 8.17. The predicted octanol–water partition coefficient (Wildman–Crippen LogP) is 3.52. The van der Waals surface area contributed by atoms with Gasteiger partial charge >= 0.3 is 0 Å². The predicted molar refractivity (Wildman–Crippen MR) is 114 cm³/mol. The third kappa shape index (κ3) is 4.58. The maximum atomic E-state index is 13.1. The minimum Gasteiger partial charge on any atom is -0.338 e. The van der Waals surface area contributed by atoms with Crippen LogP contribution in [0.15, 0.2) is 5.16 Å². The molecule has 2 atom stereocenters. The first kappa shape index (κ1) is 21.7. The van der Waals surface area contributed by atoms with Gasteiger partial charge in [0, 0.05) is 24.3 Å². The number of aryl methyl sites for hydroxylation is 1. The SMILES string of the molecule is CCN(C(=O)C(C)Sc1nc(C)c(C)n1C1CCCCC1)C1CCS(=O)(=O)C1. The van der Waals surface area contributed by atoms with E-state index in [1.807, 2.05) is 20.8 Å². The summed E-state index contributed by atoms with van der Waals surface area (Å²) in [6.07, 6.45) is 6.70.